The molecular formula is C16H20ClNO2. The van der Waals surface area contributed by atoms with Crippen molar-refractivity contribution >= 4 is 17.6 Å². The molecular weight excluding hydrogens is 274 g/mol. The molecule has 2 aliphatic heterocycles. The normalized spacial score (nSPS) is 33.1. The van der Waals surface area contributed by atoms with Crippen LogP contribution in [0.5, 0.6) is 0 Å². The van der Waals surface area contributed by atoms with Crippen molar-refractivity contribution in [1.82, 2.24) is 4.90 Å². The van der Waals surface area contributed by atoms with E-state index >= 15 is 0 Å². The minimum Gasteiger partial charge on any atom is -0.469 e. The first-order valence-corrected chi connectivity index (χ1v) is 7.55. The van der Waals surface area contributed by atoms with Crippen molar-refractivity contribution in [2.45, 2.75) is 37.3 Å². The number of rotatable bonds is 2. The number of fused-ring (bicyclic) bond motifs is 2. The summed E-state index contributed by atoms with van der Waals surface area (Å²) in [6.07, 6.45) is 3.26. The Morgan fingerprint density at radius 3 is 2.90 bits per heavy atom. The number of halogens is 1. The van der Waals surface area contributed by atoms with Crippen LogP contribution in [0.1, 0.15) is 30.7 Å². The van der Waals surface area contributed by atoms with E-state index in [2.05, 4.69) is 18.0 Å². The third-order valence-corrected chi connectivity index (χ3v) is 5.25. The monoisotopic (exact) mass is 293 g/mol. The van der Waals surface area contributed by atoms with Crippen LogP contribution < -0.4 is 0 Å². The molecule has 0 saturated carbocycles. The smallest absolute Gasteiger partial charge is 0.310 e. The van der Waals surface area contributed by atoms with E-state index in [1.165, 1.54) is 13.5 Å². The molecule has 0 unspecified atom stereocenters. The highest BCUT2D eigenvalue weighted by atomic mass is 35.5. The molecule has 2 heterocycles. The van der Waals surface area contributed by atoms with Crippen molar-refractivity contribution in [3.05, 3.63) is 34.9 Å². The van der Waals surface area contributed by atoms with Crippen molar-refractivity contribution in [3.63, 3.8) is 0 Å². The summed E-state index contributed by atoms with van der Waals surface area (Å²) >= 11 is 6.12. The highest BCUT2D eigenvalue weighted by molar-refractivity contribution is 6.30. The Labute approximate surface area is 124 Å². The molecule has 4 atom stereocenters. The van der Waals surface area contributed by atoms with Crippen LogP contribution in [0.3, 0.4) is 0 Å². The van der Waals surface area contributed by atoms with Crippen molar-refractivity contribution in [1.29, 1.82) is 0 Å². The predicted octanol–water partition coefficient (Wildman–Crippen LogP) is 3.08. The number of esters is 1. The molecule has 0 amide bonds. The second-order valence-corrected chi connectivity index (χ2v) is 6.35. The first kappa shape index (κ1) is 13.9. The van der Waals surface area contributed by atoms with Crippen LogP contribution in [0.15, 0.2) is 24.3 Å². The molecule has 2 saturated heterocycles. The average Bonchev–Trinajstić information content (AvgIpc) is 2.69. The molecule has 2 bridgehead atoms. The number of ether oxygens (including phenoxy) is 1. The third-order valence-electron chi connectivity index (χ3n) is 5.02. The van der Waals surface area contributed by atoms with Gasteiger partial charge in [-0.25, -0.2) is 0 Å². The SMILES string of the molecule is COC(=O)[C@H]1[C@@H](c2cccc(Cl)c2)C[C@@H]2CC[C@H]1N2C. The summed E-state index contributed by atoms with van der Waals surface area (Å²) in [7, 11) is 3.62. The summed E-state index contributed by atoms with van der Waals surface area (Å²) in [6.45, 7) is 0. The molecule has 0 aromatic heterocycles. The maximum atomic E-state index is 12.3. The first-order valence-electron chi connectivity index (χ1n) is 7.17. The van der Waals surface area contributed by atoms with Gasteiger partial charge in [-0.3, -0.25) is 9.69 Å². The van der Waals surface area contributed by atoms with Crippen LogP contribution >= 0.6 is 11.6 Å². The maximum absolute atomic E-state index is 12.3. The molecule has 4 heteroatoms. The van der Waals surface area contributed by atoms with E-state index in [1.807, 2.05) is 18.2 Å². The number of benzene rings is 1. The Morgan fingerprint density at radius 2 is 2.20 bits per heavy atom. The van der Waals surface area contributed by atoms with Gasteiger partial charge in [0.1, 0.15) is 0 Å². The summed E-state index contributed by atoms with van der Waals surface area (Å²) in [5.74, 6) is 0.0456. The molecule has 0 N–H and O–H groups in total. The average molecular weight is 294 g/mol. The minimum atomic E-state index is -0.0906. The number of carbonyl (C=O) groups excluding carboxylic acids is 1. The summed E-state index contributed by atoms with van der Waals surface area (Å²) in [5, 5.41) is 0.734. The molecule has 0 aliphatic carbocycles. The molecule has 3 nitrogen and oxygen atoms in total. The quantitative estimate of drug-likeness (QED) is 0.785. The molecule has 2 fully saturated rings. The van der Waals surface area contributed by atoms with E-state index < -0.39 is 0 Å². The summed E-state index contributed by atoms with van der Waals surface area (Å²) in [5.41, 5.74) is 1.16. The van der Waals surface area contributed by atoms with Crippen LogP contribution in [0.25, 0.3) is 0 Å². The van der Waals surface area contributed by atoms with E-state index in [-0.39, 0.29) is 17.8 Å². The standard InChI is InChI=1S/C16H20ClNO2/c1-18-12-6-7-14(18)15(16(19)20-2)13(9-12)10-4-3-5-11(17)8-10/h3-5,8,12-15H,6-7,9H2,1-2H3/t12-,13+,14+,15-/m0/s1. The van der Waals surface area contributed by atoms with Gasteiger partial charge in [0.2, 0.25) is 0 Å². The fourth-order valence-electron chi connectivity index (χ4n) is 4.00. The molecule has 1 aromatic carbocycles. The van der Waals surface area contributed by atoms with Gasteiger partial charge in [0.05, 0.1) is 13.0 Å². The molecule has 1 aromatic rings. The zero-order chi connectivity index (χ0) is 14.3. The van der Waals surface area contributed by atoms with Crippen molar-refractivity contribution in [2.24, 2.45) is 5.92 Å². The highest BCUT2D eigenvalue weighted by Gasteiger charge is 2.49. The van der Waals surface area contributed by atoms with Crippen molar-refractivity contribution in [2.75, 3.05) is 14.2 Å². The lowest BCUT2D eigenvalue weighted by Crippen LogP contribution is -2.49. The number of piperidine rings is 1. The van der Waals surface area contributed by atoms with Gasteiger partial charge >= 0.3 is 5.97 Å². The van der Waals surface area contributed by atoms with Gasteiger partial charge in [0, 0.05) is 23.0 Å². The lowest BCUT2D eigenvalue weighted by molar-refractivity contribution is -0.150. The van der Waals surface area contributed by atoms with Crippen LogP contribution in [0, 0.1) is 5.92 Å². The fourth-order valence-corrected chi connectivity index (χ4v) is 4.20. The number of methoxy groups -OCH3 is 1. The zero-order valence-electron chi connectivity index (χ0n) is 11.9. The lowest BCUT2D eigenvalue weighted by Gasteiger charge is -2.41. The molecule has 3 rings (SSSR count). The van der Waals surface area contributed by atoms with Crippen LogP contribution in [-0.2, 0) is 9.53 Å². The third kappa shape index (κ3) is 2.23. The molecule has 108 valence electrons. The lowest BCUT2D eigenvalue weighted by atomic mass is 9.76. The van der Waals surface area contributed by atoms with Gasteiger partial charge in [-0.05, 0) is 44.0 Å². The first-order chi connectivity index (χ1) is 9.61. The number of hydrogen-bond donors (Lipinski definition) is 0. The van der Waals surface area contributed by atoms with Gasteiger partial charge in [0.25, 0.3) is 0 Å². The van der Waals surface area contributed by atoms with Gasteiger partial charge in [0.15, 0.2) is 0 Å². The van der Waals surface area contributed by atoms with Gasteiger partial charge in [-0.2, -0.15) is 0 Å². The largest absolute Gasteiger partial charge is 0.469 e. The second kappa shape index (κ2) is 5.38. The Kier molecular flexibility index (Phi) is 3.74. The summed E-state index contributed by atoms with van der Waals surface area (Å²) < 4.78 is 5.07. The molecule has 2 aliphatic rings. The highest BCUT2D eigenvalue weighted by Crippen LogP contribution is 2.46. The van der Waals surface area contributed by atoms with Crippen LogP contribution in [0.2, 0.25) is 5.02 Å². The van der Waals surface area contributed by atoms with Gasteiger partial charge in [-0.15, -0.1) is 0 Å². The maximum Gasteiger partial charge on any atom is 0.310 e. The topological polar surface area (TPSA) is 29.5 Å². The second-order valence-electron chi connectivity index (χ2n) is 5.91. The van der Waals surface area contributed by atoms with Gasteiger partial charge < -0.3 is 4.74 Å². The van der Waals surface area contributed by atoms with Crippen LogP contribution in [-0.4, -0.2) is 37.1 Å². The molecule has 0 radical (unpaired) electrons. The van der Waals surface area contributed by atoms with E-state index in [0.29, 0.717) is 12.1 Å². The Morgan fingerprint density at radius 1 is 1.40 bits per heavy atom. The Hall–Kier alpha value is -1.06. The van der Waals surface area contributed by atoms with Gasteiger partial charge in [-0.1, -0.05) is 23.7 Å². The van der Waals surface area contributed by atoms with E-state index in [0.717, 1.165) is 23.4 Å². The van der Waals surface area contributed by atoms with Crippen molar-refractivity contribution in [3.8, 4) is 0 Å². The zero-order valence-corrected chi connectivity index (χ0v) is 12.6. The summed E-state index contributed by atoms with van der Waals surface area (Å²) in [4.78, 5) is 14.7. The van der Waals surface area contributed by atoms with E-state index in [4.69, 9.17) is 16.3 Å². The molecule has 0 spiro atoms. The van der Waals surface area contributed by atoms with E-state index in [1.54, 1.807) is 0 Å². The van der Waals surface area contributed by atoms with E-state index in [9.17, 15) is 4.79 Å². The Bertz CT molecular complexity index is 519. The number of hydrogen-bond acceptors (Lipinski definition) is 3. The predicted molar refractivity (Wildman–Crippen MR) is 78.9 cm³/mol. The number of nitrogens with zero attached hydrogens (tertiary/aromatic N) is 1. The Balaban J connectivity index is 1.97. The van der Waals surface area contributed by atoms with Crippen molar-refractivity contribution < 1.29 is 9.53 Å². The summed E-state index contributed by atoms with van der Waals surface area (Å²) in [6, 6.07) is 8.79. The minimum absolute atomic E-state index is 0.0813. The van der Waals surface area contributed by atoms with Crippen LogP contribution in [0.4, 0.5) is 0 Å². The number of carbonyl (C=O) groups is 1. The fraction of sp³-hybridized carbons (Fsp3) is 0.562. The molecule has 20 heavy (non-hydrogen) atoms.